The van der Waals surface area contributed by atoms with E-state index >= 15 is 0 Å². The van der Waals surface area contributed by atoms with E-state index in [9.17, 15) is 0 Å². The van der Waals surface area contributed by atoms with Crippen LogP contribution < -0.4 is 5.32 Å². The maximum absolute atomic E-state index is 5.28. The Labute approximate surface area is 102 Å². The minimum Gasteiger partial charge on any atom is -0.382 e. The number of para-hydroxylation sites is 1. The van der Waals surface area contributed by atoms with E-state index in [0.717, 1.165) is 37.5 Å². The molecular weight excluding hydrogens is 212 g/mol. The van der Waals surface area contributed by atoms with Gasteiger partial charge in [-0.15, -0.1) is 0 Å². The molecule has 0 atom stereocenters. The fourth-order valence-electron chi connectivity index (χ4n) is 1.70. The molecule has 0 saturated heterocycles. The monoisotopic (exact) mass is 230 g/mol. The zero-order valence-electron chi connectivity index (χ0n) is 10.1. The lowest BCUT2D eigenvalue weighted by Gasteiger charge is -2.06. The van der Waals surface area contributed by atoms with Gasteiger partial charge in [-0.05, 0) is 31.5 Å². The molecule has 0 aliphatic carbocycles. The summed E-state index contributed by atoms with van der Waals surface area (Å²) in [5.41, 5.74) is 1.03. The molecule has 2 rings (SSSR count). The van der Waals surface area contributed by atoms with E-state index < -0.39 is 0 Å². The Morgan fingerprint density at radius 1 is 1.18 bits per heavy atom. The molecule has 0 unspecified atom stereocenters. The normalized spacial score (nSPS) is 10.6. The largest absolute Gasteiger partial charge is 0.382 e. The third-order valence-corrected chi connectivity index (χ3v) is 2.57. The molecule has 0 saturated carbocycles. The highest BCUT2D eigenvalue weighted by atomic mass is 16.5. The topological polar surface area (TPSA) is 34.1 Å². The maximum atomic E-state index is 5.28. The van der Waals surface area contributed by atoms with E-state index in [1.807, 2.05) is 31.2 Å². The maximum Gasteiger partial charge on any atom is 0.126 e. The number of nitrogens with zero attached hydrogens (tertiary/aromatic N) is 1. The first-order chi connectivity index (χ1) is 8.40. The molecule has 90 valence electrons. The highest BCUT2D eigenvalue weighted by Gasteiger charge is 1.96. The molecule has 1 aromatic heterocycles. The average Bonchev–Trinajstić information content (AvgIpc) is 2.38. The van der Waals surface area contributed by atoms with Crippen LogP contribution in [0.4, 0.5) is 5.82 Å². The van der Waals surface area contributed by atoms with E-state index in [2.05, 4.69) is 22.4 Å². The van der Waals surface area contributed by atoms with E-state index in [1.54, 1.807) is 0 Å². The third-order valence-electron chi connectivity index (χ3n) is 2.57. The Morgan fingerprint density at radius 2 is 2.06 bits per heavy atom. The van der Waals surface area contributed by atoms with Gasteiger partial charge in [-0.1, -0.05) is 18.2 Å². The number of hydrogen-bond donors (Lipinski definition) is 1. The predicted octanol–water partition coefficient (Wildman–Crippen LogP) is 3.07. The highest BCUT2D eigenvalue weighted by Crippen LogP contribution is 2.14. The van der Waals surface area contributed by atoms with Crippen LogP contribution in [0.2, 0.25) is 0 Å². The number of fused-ring (bicyclic) bond motifs is 1. The Hall–Kier alpha value is -1.61. The van der Waals surface area contributed by atoms with Crippen molar-refractivity contribution in [2.75, 3.05) is 25.1 Å². The molecule has 17 heavy (non-hydrogen) atoms. The van der Waals surface area contributed by atoms with Crippen molar-refractivity contribution in [1.82, 2.24) is 4.98 Å². The first-order valence-corrected chi connectivity index (χ1v) is 6.07. The number of pyridine rings is 1. The average molecular weight is 230 g/mol. The number of rotatable bonds is 6. The second kappa shape index (κ2) is 6.21. The van der Waals surface area contributed by atoms with E-state index in [1.165, 1.54) is 5.39 Å². The molecule has 0 spiro atoms. The smallest absolute Gasteiger partial charge is 0.126 e. The Bertz CT molecular complexity index is 470. The van der Waals surface area contributed by atoms with E-state index in [-0.39, 0.29) is 0 Å². The number of benzene rings is 1. The summed E-state index contributed by atoms with van der Waals surface area (Å²) >= 11 is 0. The first kappa shape index (κ1) is 11.9. The van der Waals surface area contributed by atoms with Crippen LogP contribution in [0, 0.1) is 0 Å². The third kappa shape index (κ3) is 3.43. The second-order valence-electron chi connectivity index (χ2n) is 3.87. The van der Waals surface area contributed by atoms with Crippen molar-refractivity contribution in [2.45, 2.75) is 13.3 Å². The van der Waals surface area contributed by atoms with Crippen LogP contribution >= 0.6 is 0 Å². The quantitative estimate of drug-likeness (QED) is 0.774. The first-order valence-electron chi connectivity index (χ1n) is 6.07. The van der Waals surface area contributed by atoms with Crippen molar-refractivity contribution >= 4 is 16.7 Å². The molecule has 0 fully saturated rings. The molecule has 3 nitrogen and oxygen atoms in total. The molecule has 3 heteroatoms. The number of nitrogens with one attached hydrogen (secondary N) is 1. The summed E-state index contributed by atoms with van der Waals surface area (Å²) in [4.78, 5) is 4.54. The van der Waals surface area contributed by atoms with Gasteiger partial charge in [0, 0.05) is 25.1 Å². The van der Waals surface area contributed by atoms with Crippen LogP contribution in [0.3, 0.4) is 0 Å². The van der Waals surface area contributed by atoms with Gasteiger partial charge < -0.3 is 10.1 Å². The molecule has 0 aliphatic heterocycles. The summed E-state index contributed by atoms with van der Waals surface area (Å²) in [6.07, 6.45) is 1.00. The summed E-state index contributed by atoms with van der Waals surface area (Å²) < 4.78 is 5.28. The summed E-state index contributed by atoms with van der Waals surface area (Å²) in [5, 5.41) is 4.48. The van der Waals surface area contributed by atoms with Gasteiger partial charge in [0.15, 0.2) is 0 Å². The van der Waals surface area contributed by atoms with Gasteiger partial charge in [0.2, 0.25) is 0 Å². The standard InChI is InChI=1S/C14H18N2O/c1-2-17-11-5-10-15-14-9-8-12-6-3-4-7-13(12)16-14/h3-4,6-9H,2,5,10-11H2,1H3,(H,15,16). The Kier molecular flexibility index (Phi) is 4.33. The van der Waals surface area contributed by atoms with Crippen molar-refractivity contribution in [3.8, 4) is 0 Å². The molecule has 2 aromatic rings. The predicted molar refractivity (Wildman–Crippen MR) is 71.3 cm³/mol. The van der Waals surface area contributed by atoms with Crippen LogP contribution in [0.5, 0.6) is 0 Å². The lowest BCUT2D eigenvalue weighted by Crippen LogP contribution is -2.06. The van der Waals surface area contributed by atoms with E-state index in [4.69, 9.17) is 4.74 Å². The Morgan fingerprint density at radius 3 is 2.94 bits per heavy atom. The molecule has 0 radical (unpaired) electrons. The molecule has 1 aromatic carbocycles. The van der Waals surface area contributed by atoms with Gasteiger partial charge in [0.25, 0.3) is 0 Å². The number of aromatic nitrogens is 1. The molecule has 0 aliphatic rings. The lowest BCUT2D eigenvalue weighted by molar-refractivity contribution is 0.147. The van der Waals surface area contributed by atoms with Crippen molar-refractivity contribution in [3.05, 3.63) is 36.4 Å². The minimum atomic E-state index is 0.786. The summed E-state index contributed by atoms with van der Waals surface area (Å²) in [5.74, 6) is 0.931. The second-order valence-corrected chi connectivity index (χ2v) is 3.87. The zero-order chi connectivity index (χ0) is 11.9. The van der Waals surface area contributed by atoms with Crippen molar-refractivity contribution in [2.24, 2.45) is 0 Å². The molecule has 0 amide bonds. The summed E-state index contributed by atoms with van der Waals surface area (Å²) in [6.45, 7) is 4.50. The SMILES string of the molecule is CCOCCCNc1ccc2ccccc2n1. The van der Waals surface area contributed by atoms with Gasteiger partial charge in [-0.3, -0.25) is 0 Å². The fraction of sp³-hybridized carbons (Fsp3) is 0.357. The highest BCUT2D eigenvalue weighted by molar-refractivity contribution is 5.79. The van der Waals surface area contributed by atoms with Crippen LogP contribution in [-0.2, 0) is 4.74 Å². The van der Waals surface area contributed by atoms with Gasteiger partial charge in [-0.25, -0.2) is 4.98 Å². The van der Waals surface area contributed by atoms with Crippen molar-refractivity contribution in [3.63, 3.8) is 0 Å². The van der Waals surface area contributed by atoms with Gasteiger partial charge in [-0.2, -0.15) is 0 Å². The Balaban J connectivity index is 1.90. The number of ether oxygens (including phenoxy) is 1. The van der Waals surface area contributed by atoms with Crippen molar-refractivity contribution < 1.29 is 4.74 Å². The molecule has 1 N–H and O–H groups in total. The zero-order valence-corrected chi connectivity index (χ0v) is 10.1. The van der Waals surface area contributed by atoms with E-state index in [0.29, 0.717) is 0 Å². The molecule has 1 heterocycles. The van der Waals surface area contributed by atoms with Gasteiger partial charge in [0.05, 0.1) is 5.52 Å². The number of hydrogen-bond acceptors (Lipinski definition) is 3. The molecular formula is C14H18N2O. The van der Waals surface area contributed by atoms with Crippen molar-refractivity contribution in [1.29, 1.82) is 0 Å². The molecule has 0 bridgehead atoms. The van der Waals surface area contributed by atoms with Gasteiger partial charge >= 0.3 is 0 Å². The van der Waals surface area contributed by atoms with Gasteiger partial charge in [0.1, 0.15) is 5.82 Å². The summed E-state index contributed by atoms with van der Waals surface area (Å²) in [6, 6.07) is 12.2. The van der Waals surface area contributed by atoms with Crippen LogP contribution in [0.1, 0.15) is 13.3 Å². The van der Waals surface area contributed by atoms with Crippen LogP contribution in [0.15, 0.2) is 36.4 Å². The summed E-state index contributed by atoms with van der Waals surface area (Å²) in [7, 11) is 0. The van der Waals surface area contributed by atoms with Crippen LogP contribution in [0.25, 0.3) is 10.9 Å². The fourth-order valence-corrected chi connectivity index (χ4v) is 1.70. The minimum absolute atomic E-state index is 0.786. The van der Waals surface area contributed by atoms with Crippen LogP contribution in [-0.4, -0.2) is 24.7 Å². The lowest BCUT2D eigenvalue weighted by atomic mass is 10.2. The number of anilines is 1.